The van der Waals surface area contributed by atoms with Crippen LogP contribution in [-0.4, -0.2) is 29.2 Å². The number of hydrogen-bond acceptors (Lipinski definition) is 4. The van der Waals surface area contributed by atoms with Crippen molar-refractivity contribution in [3.63, 3.8) is 0 Å². The average molecular weight is 432 g/mol. The van der Waals surface area contributed by atoms with E-state index in [4.69, 9.17) is 0 Å². The average Bonchev–Trinajstić information content (AvgIpc) is 2.76. The van der Waals surface area contributed by atoms with Crippen LogP contribution in [0.25, 0.3) is 10.8 Å². The molecule has 1 aliphatic heterocycles. The summed E-state index contributed by atoms with van der Waals surface area (Å²) in [6, 6.07) is 16.8. The van der Waals surface area contributed by atoms with E-state index in [0.717, 1.165) is 17.7 Å². The number of hydrogen-bond donors (Lipinski definition) is 2. The third-order valence-electron chi connectivity index (χ3n) is 5.89. The fourth-order valence-electron chi connectivity index (χ4n) is 4.53. The number of nitrogens with zero attached hydrogens (tertiary/aromatic N) is 2. The van der Waals surface area contributed by atoms with E-state index in [1.807, 2.05) is 14.1 Å². The summed E-state index contributed by atoms with van der Waals surface area (Å²) >= 11 is 0. The van der Waals surface area contributed by atoms with Crippen LogP contribution in [0.3, 0.4) is 0 Å². The first kappa shape index (κ1) is 20.3. The van der Waals surface area contributed by atoms with Gasteiger partial charge in [0.05, 0.1) is 23.0 Å². The fourth-order valence-corrected chi connectivity index (χ4v) is 4.53. The minimum atomic E-state index is -0.507. The molecule has 5 nitrogen and oxygen atoms in total. The smallest absolute Gasteiger partial charge is 0.272 e. The lowest BCUT2D eigenvalue weighted by atomic mass is 9.80. The second kappa shape index (κ2) is 7.84. The highest BCUT2D eigenvalue weighted by atomic mass is 19.1. The maximum absolute atomic E-state index is 14.3. The van der Waals surface area contributed by atoms with Crippen molar-refractivity contribution < 1.29 is 8.78 Å². The van der Waals surface area contributed by atoms with Gasteiger partial charge in [-0.2, -0.15) is 5.10 Å². The molecule has 0 amide bonds. The normalized spacial score (nSPS) is 17.5. The summed E-state index contributed by atoms with van der Waals surface area (Å²) in [5.41, 5.74) is 3.72. The molecule has 0 saturated heterocycles. The molecule has 0 saturated carbocycles. The van der Waals surface area contributed by atoms with E-state index in [1.165, 1.54) is 29.8 Å². The molecule has 0 spiro atoms. The van der Waals surface area contributed by atoms with Gasteiger partial charge in [0.2, 0.25) is 0 Å². The highest BCUT2D eigenvalue weighted by molar-refractivity contribution is 5.97. The molecule has 5 rings (SSSR count). The Bertz CT molecular complexity index is 1350. The second-order valence-electron chi connectivity index (χ2n) is 8.44. The molecular weight excluding hydrogens is 410 g/mol. The first-order chi connectivity index (χ1) is 15.4. The standard InChI is InChI=1S/C25H22F2N4O/c1-31(2)13-14-3-5-15(6-4-14)21-23(16-7-9-17(26)10-8-16)28-20-12-18(27)11-19-22(20)24(21)29-30-25(19)32/h3-12,21,23,28H,13H2,1-2H3,(H,30,32)/t21-,23-/m1/s1. The van der Waals surface area contributed by atoms with E-state index in [-0.39, 0.29) is 23.2 Å². The molecule has 3 aromatic carbocycles. The summed E-state index contributed by atoms with van der Waals surface area (Å²) in [6.07, 6.45) is 0. The molecule has 2 N–H and O–H groups in total. The second-order valence-corrected chi connectivity index (χ2v) is 8.44. The van der Waals surface area contributed by atoms with Gasteiger partial charge in [-0.15, -0.1) is 0 Å². The number of benzene rings is 3. The summed E-state index contributed by atoms with van der Waals surface area (Å²) in [4.78, 5) is 14.5. The van der Waals surface area contributed by atoms with Crippen LogP contribution in [0.15, 0.2) is 65.5 Å². The zero-order valence-corrected chi connectivity index (χ0v) is 17.7. The van der Waals surface area contributed by atoms with Gasteiger partial charge < -0.3 is 10.2 Å². The quantitative estimate of drug-likeness (QED) is 0.496. The minimum Gasteiger partial charge on any atom is -0.377 e. The Hall–Kier alpha value is -3.58. The Morgan fingerprint density at radius 3 is 2.31 bits per heavy atom. The van der Waals surface area contributed by atoms with Crippen molar-refractivity contribution in [1.82, 2.24) is 15.1 Å². The molecule has 0 aliphatic carbocycles. The first-order valence-electron chi connectivity index (χ1n) is 10.4. The van der Waals surface area contributed by atoms with Crippen LogP contribution in [-0.2, 0) is 6.54 Å². The molecule has 162 valence electrons. The highest BCUT2D eigenvalue weighted by Crippen LogP contribution is 2.46. The van der Waals surface area contributed by atoms with E-state index < -0.39 is 11.4 Å². The van der Waals surface area contributed by atoms with E-state index in [9.17, 15) is 13.6 Å². The molecule has 32 heavy (non-hydrogen) atoms. The van der Waals surface area contributed by atoms with Crippen LogP contribution in [0.4, 0.5) is 14.5 Å². The van der Waals surface area contributed by atoms with E-state index in [0.29, 0.717) is 16.8 Å². The van der Waals surface area contributed by atoms with Crippen LogP contribution in [0, 0.1) is 11.6 Å². The van der Waals surface area contributed by atoms with Crippen molar-refractivity contribution in [3.05, 3.63) is 105 Å². The van der Waals surface area contributed by atoms with Crippen molar-refractivity contribution in [1.29, 1.82) is 0 Å². The molecule has 7 heteroatoms. The topological polar surface area (TPSA) is 61.0 Å². The Balaban J connectivity index is 1.71. The molecule has 2 atom stereocenters. The largest absolute Gasteiger partial charge is 0.377 e. The number of halogens is 2. The zero-order valence-electron chi connectivity index (χ0n) is 17.7. The fraction of sp³-hybridized carbons (Fsp3) is 0.200. The molecule has 0 fully saturated rings. The van der Waals surface area contributed by atoms with Gasteiger partial charge in [0, 0.05) is 17.6 Å². The van der Waals surface area contributed by atoms with E-state index in [1.54, 1.807) is 12.1 Å². The molecule has 1 aromatic heterocycles. The third kappa shape index (κ3) is 3.54. The predicted molar refractivity (Wildman–Crippen MR) is 121 cm³/mol. The van der Waals surface area contributed by atoms with Crippen LogP contribution in [0.1, 0.15) is 34.3 Å². The van der Waals surface area contributed by atoms with Gasteiger partial charge in [0.1, 0.15) is 11.6 Å². The van der Waals surface area contributed by atoms with Crippen molar-refractivity contribution in [3.8, 4) is 0 Å². The monoisotopic (exact) mass is 432 g/mol. The zero-order chi connectivity index (χ0) is 22.4. The van der Waals surface area contributed by atoms with E-state index >= 15 is 0 Å². The Morgan fingerprint density at radius 1 is 0.938 bits per heavy atom. The van der Waals surface area contributed by atoms with Crippen molar-refractivity contribution in [2.45, 2.75) is 18.5 Å². The van der Waals surface area contributed by atoms with Gasteiger partial charge in [-0.05, 0) is 55.1 Å². The lowest BCUT2D eigenvalue weighted by molar-refractivity contribution is 0.402. The summed E-state index contributed by atoms with van der Waals surface area (Å²) in [5.74, 6) is -1.11. The number of nitrogens with one attached hydrogen (secondary N) is 2. The molecular formula is C25H22F2N4O. The van der Waals surface area contributed by atoms with Gasteiger partial charge in [-0.25, -0.2) is 13.9 Å². The number of rotatable bonds is 4. The van der Waals surface area contributed by atoms with Crippen molar-refractivity contribution in [2.75, 3.05) is 19.4 Å². The van der Waals surface area contributed by atoms with Crippen molar-refractivity contribution in [2.24, 2.45) is 0 Å². The van der Waals surface area contributed by atoms with Gasteiger partial charge in [0.25, 0.3) is 5.56 Å². The molecule has 4 aromatic rings. The van der Waals surface area contributed by atoms with Gasteiger partial charge in [-0.3, -0.25) is 4.79 Å². The van der Waals surface area contributed by atoms with Crippen LogP contribution >= 0.6 is 0 Å². The Labute approximate surface area is 183 Å². The van der Waals surface area contributed by atoms with E-state index in [2.05, 4.69) is 44.7 Å². The molecule has 0 radical (unpaired) electrons. The lowest BCUT2D eigenvalue weighted by Gasteiger charge is -2.35. The van der Waals surface area contributed by atoms with Crippen LogP contribution in [0.5, 0.6) is 0 Å². The summed E-state index contributed by atoms with van der Waals surface area (Å²) < 4.78 is 27.9. The van der Waals surface area contributed by atoms with Crippen LogP contribution < -0.4 is 10.9 Å². The van der Waals surface area contributed by atoms with Gasteiger partial charge in [0.15, 0.2) is 0 Å². The maximum Gasteiger partial charge on any atom is 0.272 e. The molecule has 0 bridgehead atoms. The third-order valence-corrected chi connectivity index (χ3v) is 5.89. The molecule has 2 heterocycles. The minimum absolute atomic E-state index is 0.254. The van der Waals surface area contributed by atoms with Crippen molar-refractivity contribution >= 4 is 16.5 Å². The SMILES string of the molecule is CN(C)Cc1ccc([C@H]2c3n[nH]c(=O)c4cc(F)cc(c34)N[C@@H]2c2ccc(F)cc2)cc1. The molecule has 1 aliphatic rings. The lowest BCUT2D eigenvalue weighted by Crippen LogP contribution is -2.28. The first-order valence-corrected chi connectivity index (χ1v) is 10.4. The summed E-state index contributed by atoms with van der Waals surface area (Å²) in [5, 5.41) is 11.2. The Kier molecular flexibility index (Phi) is 4.98. The molecule has 0 unspecified atom stereocenters. The van der Waals surface area contributed by atoms with Crippen LogP contribution in [0.2, 0.25) is 0 Å². The summed E-state index contributed by atoms with van der Waals surface area (Å²) in [6.45, 7) is 0.813. The summed E-state index contributed by atoms with van der Waals surface area (Å²) in [7, 11) is 4.03. The van der Waals surface area contributed by atoms with Gasteiger partial charge >= 0.3 is 0 Å². The number of aromatic nitrogens is 2. The predicted octanol–water partition coefficient (Wildman–Crippen LogP) is 4.56. The number of H-pyrrole nitrogens is 1. The number of anilines is 1. The highest BCUT2D eigenvalue weighted by Gasteiger charge is 2.35. The number of aromatic amines is 1. The van der Waals surface area contributed by atoms with Gasteiger partial charge in [-0.1, -0.05) is 36.4 Å². The maximum atomic E-state index is 14.3. The Morgan fingerprint density at radius 2 is 1.62 bits per heavy atom.